The lowest BCUT2D eigenvalue weighted by Crippen LogP contribution is -2.30. The van der Waals surface area contributed by atoms with Gasteiger partial charge in [-0.1, -0.05) is 36.4 Å². The van der Waals surface area contributed by atoms with Gasteiger partial charge in [0.2, 0.25) is 5.91 Å². The van der Waals surface area contributed by atoms with Crippen LogP contribution in [0.25, 0.3) is 11.1 Å². The molecule has 7 nitrogen and oxygen atoms in total. The molecule has 0 aliphatic rings. The maximum Gasteiger partial charge on any atom is 0.341 e. The Balaban J connectivity index is 1.72. The van der Waals surface area contributed by atoms with E-state index in [-0.39, 0.29) is 19.1 Å². The molecule has 0 fully saturated rings. The molecule has 2 aromatic carbocycles. The van der Waals surface area contributed by atoms with Gasteiger partial charge in [-0.25, -0.2) is 4.79 Å². The summed E-state index contributed by atoms with van der Waals surface area (Å²) in [5, 5.41) is 5.24. The van der Waals surface area contributed by atoms with E-state index in [1.165, 1.54) is 11.3 Å². The first kappa shape index (κ1) is 24.3. The highest BCUT2D eigenvalue weighted by molar-refractivity contribution is 7.15. The van der Waals surface area contributed by atoms with Gasteiger partial charge in [-0.3, -0.25) is 9.69 Å². The Hall–Kier alpha value is -3.36. The monoisotopic (exact) mass is 468 g/mol. The third-order valence-corrected chi connectivity index (χ3v) is 5.82. The molecule has 0 saturated heterocycles. The van der Waals surface area contributed by atoms with Crippen LogP contribution in [-0.4, -0.2) is 51.2 Å². The van der Waals surface area contributed by atoms with Crippen molar-refractivity contribution in [3.8, 4) is 22.6 Å². The van der Waals surface area contributed by atoms with Crippen LogP contribution in [-0.2, 0) is 16.1 Å². The molecule has 0 unspecified atom stereocenters. The Morgan fingerprint density at radius 1 is 1.03 bits per heavy atom. The number of carbonyl (C=O) groups excluding carboxylic acids is 2. The number of nitrogens with one attached hydrogen (secondary N) is 1. The van der Waals surface area contributed by atoms with Crippen molar-refractivity contribution in [2.75, 3.05) is 39.7 Å². The summed E-state index contributed by atoms with van der Waals surface area (Å²) < 4.78 is 15.9. The first-order chi connectivity index (χ1) is 16.0. The number of likely N-dealkylation sites (N-methyl/N-ethyl adjacent to an activating group) is 1. The number of anilines is 1. The molecular weight excluding hydrogens is 440 g/mol. The second-order valence-corrected chi connectivity index (χ2v) is 8.23. The van der Waals surface area contributed by atoms with Gasteiger partial charge in [0.15, 0.2) is 11.5 Å². The van der Waals surface area contributed by atoms with Crippen molar-refractivity contribution in [1.82, 2.24) is 4.90 Å². The molecule has 0 radical (unpaired) electrons. The number of carbonyl (C=O) groups is 2. The Morgan fingerprint density at radius 3 is 2.42 bits per heavy atom. The Labute approximate surface area is 197 Å². The summed E-state index contributed by atoms with van der Waals surface area (Å²) in [7, 11) is 5.03. The number of rotatable bonds is 10. The summed E-state index contributed by atoms with van der Waals surface area (Å²) in [6.45, 7) is 2.70. The first-order valence-electron chi connectivity index (χ1n) is 10.5. The predicted octanol–water partition coefficient (Wildman–Crippen LogP) is 4.68. The maximum atomic E-state index is 12.8. The molecule has 0 spiro atoms. The van der Waals surface area contributed by atoms with Crippen LogP contribution in [0.2, 0.25) is 0 Å². The van der Waals surface area contributed by atoms with Crippen molar-refractivity contribution in [1.29, 1.82) is 0 Å². The van der Waals surface area contributed by atoms with Crippen molar-refractivity contribution in [2.24, 2.45) is 0 Å². The molecule has 8 heteroatoms. The van der Waals surface area contributed by atoms with Gasteiger partial charge in [0.1, 0.15) is 10.6 Å². The molecule has 3 aromatic rings. The number of amides is 1. The quantitative estimate of drug-likeness (QED) is 0.436. The van der Waals surface area contributed by atoms with Crippen molar-refractivity contribution < 1.29 is 23.8 Å². The van der Waals surface area contributed by atoms with Crippen LogP contribution < -0.4 is 14.8 Å². The Bertz CT molecular complexity index is 1100. The lowest BCUT2D eigenvalue weighted by Gasteiger charge is -2.17. The molecule has 1 heterocycles. The Kier molecular flexibility index (Phi) is 8.46. The molecule has 0 atom stereocenters. The van der Waals surface area contributed by atoms with Gasteiger partial charge in [0, 0.05) is 17.5 Å². The van der Waals surface area contributed by atoms with Crippen LogP contribution in [0.5, 0.6) is 11.5 Å². The number of methoxy groups -OCH3 is 2. The van der Waals surface area contributed by atoms with E-state index in [9.17, 15) is 9.59 Å². The predicted molar refractivity (Wildman–Crippen MR) is 130 cm³/mol. The summed E-state index contributed by atoms with van der Waals surface area (Å²) in [4.78, 5) is 27.3. The highest BCUT2D eigenvalue weighted by Gasteiger charge is 2.23. The van der Waals surface area contributed by atoms with Crippen LogP contribution in [0, 0.1) is 0 Å². The number of benzene rings is 2. The van der Waals surface area contributed by atoms with E-state index in [4.69, 9.17) is 14.2 Å². The van der Waals surface area contributed by atoms with Gasteiger partial charge in [-0.05, 0) is 37.2 Å². The molecule has 1 N–H and O–H groups in total. The smallest absolute Gasteiger partial charge is 0.341 e. The van der Waals surface area contributed by atoms with Crippen molar-refractivity contribution in [2.45, 2.75) is 13.5 Å². The molecule has 0 saturated carbocycles. The number of hydrogen-bond acceptors (Lipinski definition) is 7. The van der Waals surface area contributed by atoms with Crippen molar-refractivity contribution in [3.63, 3.8) is 0 Å². The number of nitrogens with zero attached hydrogens (tertiary/aromatic N) is 1. The van der Waals surface area contributed by atoms with E-state index in [0.717, 1.165) is 16.7 Å². The maximum absolute atomic E-state index is 12.8. The van der Waals surface area contributed by atoms with E-state index in [2.05, 4.69) is 5.32 Å². The van der Waals surface area contributed by atoms with E-state index >= 15 is 0 Å². The summed E-state index contributed by atoms with van der Waals surface area (Å²) in [6.07, 6.45) is 0. The van der Waals surface area contributed by atoms with Crippen molar-refractivity contribution in [3.05, 3.63) is 65.0 Å². The van der Waals surface area contributed by atoms with E-state index in [0.29, 0.717) is 28.6 Å². The van der Waals surface area contributed by atoms with Crippen LogP contribution in [0.1, 0.15) is 22.8 Å². The highest BCUT2D eigenvalue weighted by atomic mass is 32.1. The topological polar surface area (TPSA) is 77.1 Å². The SMILES string of the molecule is CCOC(=O)c1c(-c2ccccc2)csc1NC(=O)CN(C)Cc1ccc(OC)c(OC)c1. The summed E-state index contributed by atoms with van der Waals surface area (Å²) in [5.41, 5.74) is 3.00. The molecule has 0 bridgehead atoms. The zero-order chi connectivity index (χ0) is 23.8. The third-order valence-electron chi connectivity index (χ3n) is 4.92. The number of thiophene rings is 1. The van der Waals surface area contributed by atoms with Gasteiger partial charge in [-0.2, -0.15) is 0 Å². The van der Waals surface area contributed by atoms with Crippen LogP contribution >= 0.6 is 11.3 Å². The average molecular weight is 469 g/mol. The normalized spacial score (nSPS) is 10.7. The lowest BCUT2D eigenvalue weighted by molar-refractivity contribution is -0.117. The zero-order valence-corrected chi connectivity index (χ0v) is 20.0. The second kappa shape index (κ2) is 11.5. The van der Waals surface area contributed by atoms with Gasteiger partial charge in [0.25, 0.3) is 0 Å². The van der Waals surface area contributed by atoms with Crippen LogP contribution in [0.3, 0.4) is 0 Å². The van der Waals surface area contributed by atoms with E-state index in [1.807, 2.05) is 65.9 Å². The zero-order valence-electron chi connectivity index (χ0n) is 19.2. The van der Waals surface area contributed by atoms with Gasteiger partial charge in [-0.15, -0.1) is 11.3 Å². The third kappa shape index (κ3) is 6.12. The average Bonchev–Trinajstić information content (AvgIpc) is 3.22. The largest absolute Gasteiger partial charge is 0.493 e. The molecule has 0 aliphatic heterocycles. The van der Waals surface area contributed by atoms with Gasteiger partial charge >= 0.3 is 5.97 Å². The molecule has 1 amide bonds. The summed E-state index contributed by atoms with van der Waals surface area (Å²) in [6, 6.07) is 15.2. The van der Waals surface area contributed by atoms with E-state index in [1.54, 1.807) is 21.1 Å². The minimum absolute atomic E-state index is 0.148. The van der Waals surface area contributed by atoms with E-state index < -0.39 is 5.97 Å². The minimum atomic E-state index is -0.452. The molecule has 0 aliphatic carbocycles. The lowest BCUT2D eigenvalue weighted by atomic mass is 10.0. The molecule has 1 aromatic heterocycles. The Morgan fingerprint density at radius 2 is 1.76 bits per heavy atom. The summed E-state index contributed by atoms with van der Waals surface area (Å²) in [5.74, 6) is 0.621. The molecule has 174 valence electrons. The highest BCUT2D eigenvalue weighted by Crippen LogP contribution is 2.36. The number of esters is 1. The van der Waals surface area contributed by atoms with Gasteiger partial charge in [0.05, 0.1) is 27.4 Å². The summed E-state index contributed by atoms with van der Waals surface area (Å²) >= 11 is 1.31. The van der Waals surface area contributed by atoms with Gasteiger partial charge < -0.3 is 19.5 Å². The number of ether oxygens (including phenoxy) is 3. The standard InChI is InChI=1S/C25H28N2O5S/c1-5-32-25(29)23-19(18-9-7-6-8-10-18)16-33-24(23)26-22(28)15-27(2)14-17-11-12-20(30-3)21(13-17)31-4/h6-13,16H,5,14-15H2,1-4H3,(H,26,28). The fourth-order valence-electron chi connectivity index (χ4n) is 3.44. The molecule has 3 rings (SSSR count). The fourth-order valence-corrected chi connectivity index (χ4v) is 4.42. The van der Waals surface area contributed by atoms with Crippen LogP contribution in [0.4, 0.5) is 5.00 Å². The molecule has 33 heavy (non-hydrogen) atoms. The minimum Gasteiger partial charge on any atom is -0.493 e. The molecular formula is C25H28N2O5S. The first-order valence-corrected chi connectivity index (χ1v) is 11.4. The number of hydrogen-bond donors (Lipinski definition) is 1. The van der Waals surface area contributed by atoms with Crippen LogP contribution in [0.15, 0.2) is 53.9 Å². The van der Waals surface area contributed by atoms with Crippen molar-refractivity contribution >= 4 is 28.2 Å². The fraction of sp³-hybridized carbons (Fsp3) is 0.280. The second-order valence-electron chi connectivity index (χ2n) is 7.35.